The van der Waals surface area contributed by atoms with Crippen molar-refractivity contribution in [2.24, 2.45) is 5.73 Å². The number of benzene rings is 1. The summed E-state index contributed by atoms with van der Waals surface area (Å²) in [5.74, 6) is -0.119. The van der Waals surface area contributed by atoms with Crippen molar-refractivity contribution in [1.29, 1.82) is 0 Å². The minimum absolute atomic E-state index is 0. The summed E-state index contributed by atoms with van der Waals surface area (Å²) >= 11 is 1.66. The minimum Gasteiger partial charge on any atom is -0.354 e. The Morgan fingerprint density at radius 1 is 1.50 bits per heavy atom. The van der Waals surface area contributed by atoms with E-state index in [-0.39, 0.29) is 18.3 Å². The van der Waals surface area contributed by atoms with Gasteiger partial charge in [0.1, 0.15) is 0 Å². The summed E-state index contributed by atoms with van der Waals surface area (Å²) < 4.78 is 1.18. The number of nitrogens with zero attached hydrogens (tertiary/aromatic N) is 1. The molecule has 0 unspecified atom stereocenters. The fourth-order valence-electron chi connectivity index (χ4n) is 1.48. The molecule has 0 fully saturated rings. The van der Waals surface area contributed by atoms with Crippen LogP contribution in [0.25, 0.3) is 10.2 Å². The molecule has 2 aromatic rings. The molecule has 0 saturated carbocycles. The van der Waals surface area contributed by atoms with Crippen molar-refractivity contribution >= 4 is 39.9 Å². The predicted molar refractivity (Wildman–Crippen MR) is 77.2 cm³/mol. The topological polar surface area (TPSA) is 68.0 Å². The van der Waals surface area contributed by atoms with Crippen LogP contribution in [0.4, 0.5) is 0 Å². The summed E-state index contributed by atoms with van der Waals surface area (Å²) in [6.07, 6.45) is 0.748. The van der Waals surface area contributed by atoms with Gasteiger partial charge in [-0.3, -0.25) is 4.79 Å². The van der Waals surface area contributed by atoms with Gasteiger partial charge in [0, 0.05) is 13.0 Å². The molecule has 0 radical (unpaired) electrons. The number of hydrogen-bond donors (Lipinski definition) is 2. The molecule has 0 spiro atoms. The number of fused-ring (bicyclic) bond motifs is 1. The van der Waals surface area contributed by atoms with Crippen LogP contribution in [-0.2, 0) is 11.2 Å². The van der Waals surface area contributed by atoms with Crippen molar-refractivity contribution in [2.45, 2.75) is 19.4 Å². The van der Waals surface area contributed by atoms with Crippen molar-refractivity contribution in [2.75, 3.05) is 6.54 Å². The Balaban J connectivity index is 0.00000162. The Hall–Kier alpha value is -1.17. The van der Waals surface area contributed by atoms with Crippen LogP contribution in [0.15, 0.2) is 24.3 Å². The first kappa shape index (κ1) is 14.9. The number of nitrogens with one attached hydrogen (secondary N) is 1. The molecule has 1 aromatic carbocycles. The van der Waals surface area contributed by atoms with Crippen molar-refractivity contribution < 1.29 is 4.79 Å². The summed E-state index contributed by atoms with van der Waals surface area (Å²) in [7, 11) is 0. The van der Waals surface area contributed by atoms with Crippen LogP contribution < -0.4 is 11.1 Å². The molecule has 98 valence electrons. The highest BCUT2D eigenvalue weighted by Crippen LogP contribution is 2.21. The molecule has 0 aliphatic rings. The first-order valence-electron chi connectivity index (χ1n) is 5.54. The van der Waals surface area contributed by atoms with Crippen LogP contribution in [0, 0.1) is 0 Å². The lowest BCUT2D eigenvalue weighted by molar-refractivity contribution is -0.121. The zero-order valence-electron chi connectivity index (χ0n) is 10.1. The molecule has 0 aliphatic carbocycles. The van der Waals surface area contributed by atoms with Crippen molar-refractivity contribution in [1.82, 2.24) is 10.3 Å². The molecule has 1 amide bonds. The summed E-state index contributed by atoms with van der Waals surface area (Å²) in [4.78, 5) is 15.7. The third-order valence-electron chi connectivity index (χ3n) is 2.39. The maximum atomic E-state index is 11.3. The molecule has 1 aromatic heterocycles. The van der Waals surface area contributed by atoms with E-state index in [4.69, 9.17) is 5.73 Å². The number of para-hydroxylation sites is 1. The standard InChI is InChI=1S/C12H15N3OS.ClH/c1-8(13)12(16)14-7-6-11-15-9-4-2-3-5-10(9)17-11;/h2-5,8H,6-7,13H2,1H3,(H,14,16);1H/t8-;/m0./s1. The van der Waals surface area contributed by atoms with Gasteiger partial charge in [0.15, 0.2) is 0 Å². The Bertz CT molecular complexity index is 494. The lowest BCUT2D eigenvalue weighted by Crippen LogP contribution is -2.39. The third kappa shape index (κ3) is 3.66. The smallest absolute Gasteiger partial charge is 0.236 e. The van der Waals surface area contributed by atoms with Gasteiger partial charge in [-0.1, -0.05) is 12.1 Å². The second-order valence-electron chi connectivity index (χ2n) is 3.91. The summed E-state index contributed by atoms with van der Waals surface area (Å²) in [6, 6.07) is 7.57. The fraction of sp³-hybridized carbons (Fsp3) is 0.333. The summed E-state index contributed by atoms with van der Waals surface area (Å²) in [5, 5.41) is 3.82. The van der Waals surface area contributed by atoms with Gasteiger partial charge in [-0.05, 0) is 19.1 Å². The number of carbonyl (C=O) groups is 1. The van der Waals surface area contributed by atoms with Gasteiger partial charge in [-0.15, -0.1) is 23.7 Å². The Morgan fingerprint density at radius 2 is 2.22 bits per heavy atom. The maximum absolute atomic E-state index is 11.3. The van der Waals surface area contributed by atoms with E-state index in [9.17, 15) is 4.79 Å². The highest BCUT2D eigenvalue weighted by Gasteiger charge is 2.07. The van der Waals surface area contributed by atoms with E-state index >= 15 is 0 Å². The maximum Gasteiger partial charge on any atom is 0.236 e. The highest BCUT2D eigenvalue weighted by molar-refractivity contribution is 7.18. The van der Waals surface area contributed by atoms with Crippen molar-refractivity contribution in [3.05, 3.63) is 29.3 Å². The number of amides is 1. The number of aromatic nitrogens is 1. The Kier molecular flexibility index (Phi) is 5.53. The quantitative estimate of drug-likeness (QED) is 0.899. The number of hydrogen-bond acceptors (Lipinski definition) is 4. The lowest BCUT2D eigenvalue weighted by atomic mass is 10.3. The molecule has 0 aliphatic heterocycles. The van der Waals surface area contributed by atoms with Gasteiger partial charge in [0.2, 0.25) is 5.91 Å². The molecular formula is C12H16ClN3OS. The minimum atomic E-state index is -0.453. The number of thiazole rings is 1. The Labute approximate surface area is 116 Å². The van der Waals surface area contributed by atoms with Crippen LogP contribution in [0.5, 0.6) is 0 Å². The molecule has 1 atom stereocenters. The second-order valence-corrected chi connectivity index (χ2v) is 5.02. The number of nitrogens with two attached hydrogens (primary N) is 1. The van der Waals surface area contributed by atoms with Gasteiger partial charge in [-0.25, -0.2) is 4.98 Å². The number of halogens is 1. The summed E-state index contributed by atoms with van der Waals surface area (Å²) in [6.45, 7) is 2.26. The van der Waals surface area contributed by atoms with E-state index in [0.717, 1.165) is 16.9 Å². The molecule has 18 heavy (non-hydrogen) atoms. The van der Waals surface area contributed by atoms with Gasteiger partial charge in [0.25, 0.3) is 0 Å². The highest BCUT2D eigenvalue weighted by atomic mass is 35.5. The molecule has 0 bridgehead atoms. The second kappa shape index (κ2) is 6.68. The van der Waals surface area contributed by atoms with Crippen LogP contribution in [-0.4, -0.2) is 23.5 Å². The normalized spacial score (nSPS) is 11.9. The van der Waals surface area contributed by atoms with Crippen LogP contribution in [0.3, 0.4) is 0 Å². The van der Waals surface area contributed by atoms with E-state index in [1.807, 2.05) is 18.2 Å². The van der Waals surface area contributed by atoms with E-state index in [1.165, 1.54) is 4.70 Å². The average Bonchev–Trinajstić information content (AvgIpc) is 2.71. The molecule has 2 rings (SSSR count). The van der Waals surface area contributed by atoms with E-state index in [2.05, 4.69) is 16.4 Å². The Morgan fingerprint density at radius 3 is 2.89 bits per heavy atom. The first-order chi connectivity index (χ1) is 8.16. The van der Waals surface area contributed by atoms with Gasteiger partial charge in [-0.2, -0.15) is 0 Å². The van der Waals surface area contributed by atoms with Gasteiger partial charge < -0.3 is 11.1 Å². The molecular weight excluding hydrogens is 270 g/mol. The molecule has 0 saturated heterocycles. The zero-order valence-corrected chi connectivity index (χ0v) is 11.7. The van der Waals surface area contributed by atoms with Crippen LogP contribution >= 0.6 is 23.7 Å². The summed E-state index contributed by atoms with van der Waals surface area (Å²) in [5.41, 5.74) is 6.47. The van der Waals surface area contributed by atoms with Crippen molar-refractivity contribution in [3.63, 3.8) is 0 Å². The predicted octanol–water partition coefficient (Wildman–Crippen LogP) is 1.72. The number of carbonyl (C=O) groups excluding carboxylic acids is 1. The largest absolute Gasteiger partial charge is 0.354 e. The molecule has 1 heterocycles. The number of rotatable bonds is 4. The molecule has 3 N–H and O–H groups in total. The van der Waals surface area contributed by atoms with Crippen LogP contribution in [0.1, 0.15) is 11.9 Å². The van der Waals surface area contributed by atoms with Crippen molar-refractivity contribution in [3.8, 4) is 0 Å². The van der Waals surface area contributed by atoms with Gasteiger partial charge in [0.05, 0.1) is 21.3 Å². The molecule has 4 nitrogen and oxygen atoms in total. The fourth-order valence-corrected chi connectivity index (χ4v) is 2.45. The van der Waals surface area contributed by atoms with E-state index in [1.54, 1.807) is 18.3 Å². The average molecular weight is 286 g/mol. The van der Waals surface area contributed by atoms with Gasteiger partial charge >= 0.3 is 0 Å². The monoisotopic (exact) mass is 285 g/mol. The third-order valence-corrected chi connectivity index (χ3v) is 3.49. The SMILES string of the molecule is C[C@H](N)C(=O)NCCc1nc2ccccc2s1.Cl. The van der Waals surface area contributed by atoms with E-state index < -0.39 is 6.04 Å². The van der Waals surface area contributed by atoms with Crippen LogP contribution in [0.2, 0.25) is 0 Å². The van der Waals surface area contributed by atoms with E-state index in [0.29, 0.717) is 6.54 Å². The zero-order chi connectivity index (χ0) is 12.3. The molecule has 6 heteroatoms. The first-order valence-corrected chi connectivity index (χ1v) is 6.36. The lowest BCUT2D eigenvalue weighted by Gasteiger charge is -2.05.